The maximum atomic E-state index is 4.42. The van der Waals surface area contributed by atoms with Crippen molar-refractivity contribution in [3.8, 4) is 0 Å². The smallest absolute Gasteiger partial charge is 0.155 e. The Labute approximate surface area is 121 Å². The summed E-state index contributed by atoms with van der Waals surface area (Å²) in [5.74, 6) is 0. The van der Waals surface area contributed by atoms with Gasteiger partial charge in [0.1, 0.15) is 0 Å². The number of nitrogens with zero attached hydrogens (tertiary/aromatic N) is 4. The van der Waals surface area contributed by atoms with Gasteiger partial charge in [-0.1, -0.05) is 13.8 Å². The molecule has 20 heavy (non-hydrogen) atoms. The fourth-order valence-electron chi connectivity index (χ4n) is 2.58. The molecular weight excluding hydrogens is 250 g/mol. The van der Waals surface area contributed by atoms with Crippen molar-refractivity contribution >= 4 is 5.65 Å². The Hall–Kier alpha value is -1.46. The first-order valence-corrected chi connectivity index (χ1v) is 7.02. The third kappa shape index (κ3) is 4.02. The quantitative estimate of drug-likeness (QED) is 0.872. The van der Waals surface area contributed by atoms with Crippen molar-refractivity contribution in [1.82, 2.24) is 24.8 Å². The molecule has 110 valence electrons. The summed E-state index contributed by atoms with van der Waals surface area (Å²) in [4.78, 5) is 6.64. The van der Waals surface area contributed by atoms with Crippen molar-refractivity contribution in [2.45, 2.75) is 27.3 Å². The Kier molecular flexibility index (Phi) is 4.40. The van der Waals surface area contributed by atoms with E-state index in [0.717, 1.165) is 36.5 Å². The molecule has 0 atom stereocenters. The van der Waals surface area contributed by atoms with Crippen LogP contribution in [0.4, 0.5) is 0 Å². The van der Waals surface area contributed by atoms with Gasteiger partial charge < -0.3 is 10.2 Å². The maximum Gasteiger partial charge on any atom is 0.155 e. The third-order valence-corrected chi connectivity index (χ3v) is 3.17. The lowest BCUT2D eigenvalue weighted by molar-refractivity contribution is 0.232. The van der Waals surface area contributed by atoms with E-state index < -0.39 is 0 Å². The molecular formula is C15H25N5. The van der Waals surface area contributed by atoms with E-state index in [4.69, 9.17) is 0 Å². The average Bonchev–Trinajstić information content (AvgIpc) is 2.66. The lowest BCUT2D eigenvalue weighted by Crippen LogP contribution is -2.37. The van der Waals surface area contributed by atoms with Gasteiger partial charge in [-0.15, -0.1) is 0 Å². The highest BCUT2D eigenvalue weighted by atomic mass is 15.2. The van der Waals surface area contributed by atoms with Gasteiger partial charge in [0.15, 0.2) is 5.65 Å². The molecule has 0 aliphatic carbocycles. The lowest BCUT2D eigenvalue weighted by atomic mass is 9.93. The molecule has 0 spiro atoms. The highest BCUT2D eigenvalue weighted by molar-refractivity contribution is 5.38. The van der Waals surface area contributed by atoms with Crippen molar-refractivity contribution in [2.75, 3.05) is 27.2 Å². The molecule has 2 heterocycles. The second-order valence-corrected chi connectivity index (χ2v) is 6.56. The van der Waals surface area contributed by atoms with E-state index in [9.17, 15) is 0 Å². The first kappa shape index (κ1) is 14.9. The molecule has 0 radical (unpaired) electrons. The maximum absolute atomic E-state index is 4.42. The summed E-state index contributed by atoms with van der Waals surface area (Å²) in [6, 6.07) is 1.98. The summed E-state index contributed by atoms with van der Waals surface area (Å²) >= 11 is 0. The SMILES string of the molecule is Cc1cc2ncc(CNCC(C)(C)CN(C)C)cn2n1. The average molecular weight is 275 g/mol. The van der Waals surface area contributed by atoms with E-state index in [-0.39, 0.29) is 5.41 Å². The van der Waals surface area contributed by atoms with Crippen LogP contribution in [0.25, 0.3) is 5.65 Å². The fourth-order valence-corrected chi connectivity index (χ4v) is 2.58. The molecule has 2 aromatic rings. The summed E-state index contributed by atoms with van der Waals surface area (Å²) in [6.45, 7) is 9.39. The van der Waals surface area contributed by atoms with Gasteiger partial charge in [-0.2, -0.15) is 5.10 Å². The highest BCUT2D eigenvalue weighted by Gasteiger charge is 2.18. The first-order chi connectivity index (χ1) is 9.35. The van der Waals surface area contributed by atoms with Gasteiger partial charge in [-0.05, 0) is 26.4 Å². The number of aryl methyl sites for hydroxylation is 1. The lowest BCUT2D eigenvalue weighted by Gasteiger charge is -2.28. The number of nitrogens with one attached hydrogen (secondary N) is 1. The molecule has 0 amide bonds. The van der Waals surface area contributed by atoms with Crippen LogP contribution in [0.2, 0.25) is 0 Å². The Morgan fingerprint density at radius 1 is 1.35 bits per heavy atom. The van der Waals surface area contributed by atoms with Crippen LogP contribution in [0.1, 0.15) is 25.1 Å². The number of hydrogen-bond acceptors (Lipinski definition) is 4. The van der Waals surface area contributed by atoms with Crippen LogP contribution in [0.15, 0.2) is 18.5 Å². The van der Waals surface area contributed by atoms with Crippen LogP contribution in [0.5, 0.6) is 0 Å². The number of hydrogen-bond donors (Lipinski definition) is 1. The van der Waals surface area contributed by atoms with E-state index in [1.54, 1.807) is 0 Å². The van der Waals surface area contributed by atoms with E-state index in [0.29, 0.717) is 0 Å². The molecule has 2 rings (SSSR count). The minimum absolute atomic E-state index is 0.253. The highest BCUT2D eigenvalue weighted by Crippen LogP contribution is 2.14. The normalized spacial score (nSPS) is 12.5. The molecule has 0 saturated heterocycles. The van der Waals surface area contributed by atoms with Gasteiger partial charge in [0, 0.05) is 43.7 Å². The Morgan fingerprint density at radius 3 is 2.80 bits per heavy atom. The molecule has 1 N–H and O–H groups in total. The largest absolute Gasteiger partial charge is 0.312 e. The number of fused-ring (bicyclic) bond motifs is 1. The van der Waals surface area contributed by atoms with Crippen LogP contribution in [-0.2, 0) is 6.54 Å². The minimum atomic E-state index is 0.253. The second-order valence-electron chi connectivity index (χ2n) is 6.56. The fraction of sp³-hybridized carbons (Fsp3) is 0.600. The zero-order valence-corrected chi connectivity index (χ0v) is 13.1. The number of aromatic nitrogens is 3. The molecule has 2 aromatic heterocycles. The van der Waals surface area contributed by atoms with E-state index in [1.165, 1.54) is 0 Å². The molecule has 5 heteroatoms. The zero-order valence-electron chi connectivity index (χ0n) is 13.1. The summed E-state index contributed by atoms with van der Waals surface area (Å²) in [5, 5.41) is 7.90. The van der Waals surface area contributed by atoms with Gasteiger partial charge >= 0.3 is 0 Å². The molecule has 0 aromatic carbocycles. The summed E-state index contributed by atoms with van der Waals surface area (Å²) in [6.07, 6.45) is 3.96. The van der Waals surface area contributed by atoms with E-state index in [1.807, 2.05) is 29.9 Å². The predicted octanol–water partition coefficient (Wildman–Crippen LogP) is 1.72. The third-order valence-electron chi connectivity index (χ3n) is 3.17. The molecule has 0 bridgehead atoms. The Bertz CT molecular complexity index is 571. The van der Waals surface area contributed by atoms with Crippen LogP contribution in [-0.4, -0.2) is 46.7 Å². The van der Waals surface area contributed by atoms with Crippen LogP contribution < -0.4 is 5.32 Å². The van der Waals surface area contributed by atoms with Crippen LogP contribution >= 0.6 is 0 Å². The molecule has 5 nitrogen and oxygen atoms in total. The first-order valence-electron chi connectivity index (χ1n) is 7.02. The summed E-state index contributed by atoms with van der Waals surface area (Å²) in [7, 11) is 4.22. The topological polar surface area (TPSA) is 45.5 Å². The summed E-state index contributed by atoms with van der Waals surface area (Å²) < 4.78 is 1.84. The Morgan fingerprint density at radius 2 is 2.10 bits per heavy atom. The molecule has 0 aliphatic rings. The van der Waals surface area contributed by atoms with Crippen molar-refractivity contribution < 1.29 is 0 Å². The predicted molar refractivity (Wildman–Crippen MR) is 81.8 cm³/mol. The van der Waals surface area contributed by atoms with Gasteiger partial charge in [0.2, 0.25) is 0 Å². The van der Waals surface area contributed by atoms with Crippen molar-refractivity contribution in [1.29, 1.82) is 0 Å². The minimum Gasteiger partial charge on any atom is -0.312 e. The zero-order chi connectivity index (χ0) is 14.8. The van der Waals surface area contributed by atoms with Gasteiger partial charge in [-0.3, -0.25) is 0 Å². The van der Waals surface area contributed by atoms with Gasteiger partial charge in [-0.25, -0.2) is 9.50 Å². The van der Waals surface area contributed by atoms with Gasteiger partial charge in [0.25, 0.3) is 0 Å². The van der Waals surface area contributed by atoms with E-state index >= 15 is 0 Å². The van der Waals surface area contributed by atoms with Crippen molar-refractivity contribution in [2.24, 2.45) is 5.41 Å². The Balaban J connectivity index is 1.92. The van der Waals surface area contributed by atoms with Crippen molar-refractivity contribution in [3.63, 3.8) is 0 Å². The standard InChI is InChI=1S/C15H25N5/c1-12-6-14-17-8-13(9-20(14)18-12)7-16-10-15(2,3)11-19(4)5/h6,8-9,16H,7,10-11H2,1-5H3. The monoisotopic (exact) mass is 275 g/mol. The molecule has 0 saturated carbocycles. The second kappa shape index (κ2) is 5.89. The van der Waals surface area contributed by atoms with Crippen LogP contribution in [0.3, 0.4) is 0 Å². The van der Waals surface area contributed by atoms with Crippen LogP contribution in [0, 0.1) is 12.3 Å². The number of rotatable bonds is 6. The van der Waals surface area contributed by atoms with Crippen molar-refractivity contribution in [3.05, 3.63) is 29.7 Å². The molecule has 0 aliphatic heterocycles. The van der Waals surface area contributed by atoms with E-state index in [2.05, 4.69) is 48.2 Å². The summed E-state index contributed by atoms with van der Waals surface area (Å²) in [5.41, 5.74) is 3.30. The molecule has 0 fully saturated rings. The molecule has 0 unspecified atom stereocenters. The van der Waals surface area contributed by atoms with Gasteiger partial charge in [0.05, 0.1) is 5.69 Å².